The molecule has 1 aromatic carbocycles. The maximum atomic E-state index is 5.60. The zero-order valence-corrected chi connectivity index (χ0v) is 11.3. The Bertz CT molecular complexity index is 524. The molecule has 0 saturated heterocycles. The first-order valence-corrected chi connectivity index (χ1v) is 5.91. The van der Waals surface area contributed by atoms with E-state index in [1.54, 1.807) is 20.3 Å². The van der Waals surface area contributed by atoms with Crippen molar-refractivity contribution >= 4 is 11.6 Å². The van der Waals surface area contributed by atoms with Gasteiger partial charge in [0.05, 0.1) is 26.6 Å². The second-order valence-corrected chi connectivity index (χ2v) is 4.04. The van der Waals surface area contributed by atoms with E-state index in [0.29, 0.717) is 23.9 Å². The predicted molar refractivity (Wildman–Crippen MR) is 70.9 cm³/mol. The lowest BCUT2D eigenvalue weighted by Crippen LogP contribution is -1.98. The molecule has 5 nitrogen and oxygen atoms in total. The molecule has 0 unspecified atom stereocenters. The lowest BCUT2D eigenvalue weighted by atomic mass is 10.2. The van der Waals surface area contributed by atoms with E-state index in [0.717, 1.165) is 5.56 Å². The van der Waals surface area contributed by atoms with Crippen molar-refractivity contribution in [2.45, 2.75) is 6.61 Å². The van der Waals surface area contributed by atoms with Gasteiger partial charge in [0.25, 0.3) is 0 Å². The van der Waals surface area contributed by atoms with Crippen LogP contribution in [0.4, 0.5) is 0 Å². The lowest BCUT2D eigenvalue weighted by Gasteiger charge is -2.09. The van der Waals surface area contributed by atoms with Crippen LogP contribution in [-0.4, -0.2) is 24.2 Å². The molecule has 6 heteroatoms. The molecule has 0 fully saturated rings. The van der Waals surface area contributed by atoms with Gasteiger partial charge in [0, 0.05) is 6.07 Å². The van der Waals surface area contributed by atoms with Gasteiger partial charge in [0.1, 0.15) is 18.1 Å². The van der Waals surface area contributed by atoms with Crippen LogP contribution < -0.4 is 14.2 Å². The minimum atomic E-state index is 0.190. The highest BCUT2D eigenvalue weighted by Crippen LogP contribution is 2.23. The molecule has 0 spiro atoms. The highest BCUT2D eigenvalue weighted by atomic mass is 35.5. The highest BCUT2D eigenvalue weighted by Gasteiger charge is 2.03. The number of nitrogens with zero attached hydrogens (tertiary/aromatic N) is 2. The summed E-state index contributed by atoms with van der Waals surface area (Å²) in [5.74, 6) is 1.97. The summed E-state index contributed by atoms with van der Waals surface area (Å²) < 4.78 is 15.9. The molecule has 0 aliphatic carbocycles. The molecule has 1 heterocycles. The molecule has 2 rings (SSSR count). The van der Waals surface area contributed by atoms with Gasteiger partial charge in [-0.2, -0.15) is 0 Å². The average Bonchev–Trinajstić information content (AvgIpc) is 2.46. The van der Waals surface area contributed by atoms with Crippen molar-refractivity contribution in [3.63, 3.8) is 0 Å². The summed E-state index contributed by atoms with van der Waals surface area (Å²) in [4.78, 5) is 7.68. The zero-order valence-electron chi connectivity index (χ0n) is 10.6. The number of rotatable bonds is 5. The summed E-state index contributed by atoms with van der Waals surface area (Å²) in [6, 6.07) is 5.55. The van der Waals surface area contributed by atoms with Crippen molar-refractivity contribution in [3.8, 4) is 17.2 Å². The van der Waals surface area contributed by atoms with Gasteiger partial charge in [-0.1, -0.05) is 0 Å². The number of ether oxygens (including phenoxy) is 3. The third-order valence-electron chi connectivity index (χ3n) is 2.41. The van der Waals surface area contributed by atoms with Crippen LogP contribution in [0.5, 0.6) is 17.2 Å². The van der Waals surface area contributed by atoms with Crippen molar-refractivity contribution < 1.29 is 14.2 Å². The molecule has 0 N–H and O–H groups in total. The Hall–Kier alpha value is -2.01. The molecular weight excluding hydrogens is 268 g/mol. The van der Waals surface area contributed by atoms with Crippen LogP contribution in [0.1, 0.15) is 5.56 Å². The number of methoxy groups -OCH3 is 2. The third-order valence-corrected chi connectivity index (χ3v) is 2.61. The van der Waals surface area contributed by atoms with Crippen LogP contribution >= 0.6 is 11.6 Å². The fourth-order valence-corrected chi connectivity index (χ4v) is 1.59. The maximum absolute atomic E-state index is 5.60. The van der Waals surface area contributed by atoms with Crippen LogP contribution in [0.15, 0.2) is 30.6 Å². The number of hydrogen-bond acceptors (Lipinski definition) is 5. The normalized spacial score (nSPS) is 10.1. The highest BCUT2D eigenvalue weighted by molar-refractivity contribution is 6.28. The molecule has 0 radical (unpaired) electrons. The van der Waals surface area contributed by atoms with E-state index in [4.69, 9.17) is 25.8 Å². The van der Waals surface area contributed by atoms with Crippen LogP contribution in [0.2, 0.25) is 5.28 Å². The molecule has 0 atom stereocenters. The summed E-state index contributed by atoms with van der Waals surface area (Å²) in [6.45, 7) is 0.360. The first kappa shape index (κ1) is 13.4. The maximum Gasteiger partial charge on any atom is 0.222 e. The Labute approximate surface area is 116 Å². The van der Waals surface area contributed by atoms with Crippen molar-refractivity contribution in [1.82, 2.24) is 9.97 Å². The third kappa shape index (κ3) is 3.72. The number of halogens is 1. The van der Waals surface area contributed by atoms with E-state index in [1.165, 1.54) is 12.4 Å². The van der Waals surface area contributed by atoms with Gasteiger partial charge >= 0.3 is 0 Å². The minimum Gasteiger partial charge on any atom is -0.497 e. The van der Waals surface area contributed by atoms with Crippen LogP contribution in [0.25, 0.3) is 0 Å². The van der Waals surface area contributed by atoms with Gasteiger partial charge in [-0.15, -0.1) is 0 Å². The summed E-state index contributed by atoms with van der Waals surface area (Å²) >= 11 is 5.60. The summed E-state index contributed by atoms with van der Waals surface area (Å²) in [5.41, 5.74) is 0.922. The van der Waals surface area contributed by atoms with E-state index in [1.807, 2.05) is 12.1 Å². The lowest BCUT2D eigenvalue weighted by molar-refractivity contribution is 0.301. The van der Waals surface area contributed by atoms with Crippen molar-refractivity contribution in [2.75, 3.05) is 14.2 Å². The monoisotopic (exact) mass is 280 g/mol. The van der Waals surface area contributed by atoms with Gasteiger partial charge < -0.3 is 14.2 Å². The molecule has 0 amide bonds. The van der Waals surface area contributed by atoms with Crippen molar-refractivity contribution in [3.05, 3.63) is 41.4 Å². The molecule has 0 aliphatic heterocycles. The standard InChI is InChI=1S/C13H13ClN2O3/c1-17-10-3-9(4-11(5-10)18-2)8-19-12-6-15-13(14)16-7-12/h3-7H,8H2,1-2H3. The molecule has 0 saturated carbocycles. The van der Waals surface area contributed by atoms with Gasteiger partial charge in [0.15, 0.2) is 5.75 Å². The van der Waals surface area contributed by atoms with Crippen LogP contribution in [0.3, 0.4) is 0 Å². The van der Waals surface area contributed by atoms with E-state index in [-0.39, 0.29) is 5.28 Å². The van der Waals surface area contributed by atoms with Crippen molar-refractivity contribution in [1.29, 1.82) is 0 Å². The molecule has 2 aromatic rings. The smallest absolute Gasteiger partial charge is 0.222 e. The largest absolute Gasteiger partial charge is 0.497 e. The van der Waals surface area contributed by atoms with Crippen molar-refractivity contribution in [2.24, 2.45) is 0 Å². The first-order valence-electron chi connectivity index (χ1n) is 5.53. The molecule has 19 heavy (non-hydrogen) atoms. The Morgan fingerprint density at radius 3 is 2.05 bits per heavy atom. The molecule has 100 valence electrons. The SMILES string of the molecule is COc1cc(COc2cnc(Cl)nc2)cc(OC)c1. The zero-order chi connectivity index (χ0) is 13.7. The van der Waals surface area contributed by atoms with Gasteiger partial charge in [-0.05, 0) is 29.3 Å². The summed E-state index contributed by atoms with van der Waals surface area (Å²) in [7, 11) is 3.21. The first-order chi connectivity index (χ1) is 9.21. The van der Waals surface area contributed by atoms with Crippen LogP contribution in [0, 0.1) is 0 Å². The molecular formula is C13H13ClN2O3. The minimum absolute atomic E-state index is 0.190. The second-order valence-electron chi connectivity index (χ2n) is 3.70. The Morgan fingerprint density at radius 1 is 0.947 bits per heavy atom. The Kier molecular flexibility index (Phi) is 4.41. The fourth-order valence-electron chi connectivity index (χ4n) is 1.49. The topological polar surface area (TPSA) is 53.5 Å². The van der Waals surface area contributed by atoms with Crippen LogP contribution in [-0.2, 0) is 6.61 Å². The Morgan fingerprint density at radius 2 is 1.53 bits per heavy atom. The predicted octanol–water partition coefficient (Wildman–Crippen LogP) is 2.73. The second kappa shape index (κ2) is 6.24. The van der Waals surface area contributed by atoms with Gasteiger partial charge in [-0.3, -0.25) is 0 Å². The molecule has 0 aliphatic rings. The summed E-state index contributed by atoms with van der Waals surface area (Å²) in [6.07, 6.45) is 3.04. The average molecular weight is 281 g/mol. The van der Waals surface area contributed by atoms with E-state index in [2.05, 4.69) is 9.97 Å². The van der Waals surface area contributed by atoms with E-state index in [9.17, 15) is 0 Å². The number of aromatic nitrogens is 2. The van der Waals surface area contributed by atoms with E-state index < -0.39 is 0 Å². The fraction of sp³-hybridized carbons (Fsp3) is 0.231. The van der Waals surface area contributed by atoms with Gasteiger partial charge in [-0.25, -0.2) is 9.97 Å². The quantitative estimate of drug-likeness (QED) is 0.788. The Balaban J connectivity index is 2.08. The molecule has 0 bridgehead atoms. The number of benzene rings is 1. The molecule has 1 aromatic heterocycles. The number of hydrogen-bond donors (Lipinski definition) is 0. The summed E-state index contributed by atoms with van der Waals surface area (Å²) in [5, 5.41) is 0.190. The van der Waals surface area contributed by atoms with E-state index >= 15 is 0 Å². The van der Waals surface area contributed by atoms with Gasteiger partial charge in [0.2, 0.25) is 5.28 Å².